The lowest BCUT2D eigenvalue weighted by Crippen LogP contribution is -2.38. The summed E-state index contributed by atoms with van der Waals surface area (Å²) < 4.78 is 28.6. The van der Waals surface area contributed by atoms with E-state index in [0.29, 0.717) is 5.56 Å². The van der Waals surface area contributed by atoms with Gasteiger partial charge in [0.05, 0.1) is 12.2 Å². The van der Waals surface area contributed by atoms with Crippen LogP contribution in [-0.4, -0.2) is 36.3 Å². The molecule has 3 aliphatic heterocycles. The van der Waals surface area contributed by atoms with Gasteiger partial charge < -0.3 is 23.7 Å². The molecule has 0 fully saturated rings. The first-order chi connectivity index (χ1) is 20.5. The van der Waals surface area contributed by atoms with Crippen LogP contribution in [0.25, 0.3) is 5.57 Å². The molecule has 3 heterocycles. The number of carbonyl (C=O) groups is 5. The fraction of sp³-hybridized carbons (Fsp3) is 0.172. The number of amides is 2. The highest BCUT2D eigenvalue weighted by Gasteiger charge is 2.43. The van der Waals surface area contributed by atoms with Gasteiger partial charge in [-0.1, -0.05) is 30.3 Å². The highest BCUT2D eigenvalue weighted by Crippen LogP contribution is 2.65. The van der Waals surface area contributed by atoms with E-state index in [1.807, 2.05) is 0 Å². The highest BCUT2D eigenvalue weighted by molar-refractivity contribution is 8.04. The molecule has 1 N–H and O–H groups in total. The third-order valence-corrected chi connectivity index (χ3v) is 8.10. The fourth-order valence-electron chi connectivity index (χ4n) is 4.28. The van der Waals surface area contributed by atoms with Gasteiger partial charge in [-0.2, -0.15) is 5.26 Å². The maximum absolute atomic E-state index is 13.1. The molecule has 14 heteroatoms. The van der Waals surface area contributed by atoms with Crippen LogP contribution in [0.4, 0.5) is 0 Å². The number of rotatable bonds is 5. The predicted octanol–water partition coefficient (Wildman–Crippen LogP) is 4.15. The van der Waals surface area contributed by atoms with Crippen LogP contribution < -0.4 is 24.3 Å². The quantitative estimate of drug-likeness (QED) is 0.219. The molecule has 43 heavy (non-hydrogen) atoms. The van der Waals surface area contributed by atoms with Crippen molar-refractivity contribution in [3.05, 3.63) is 62.8 Å². The summed E-state index contributed by atoms with van der Waals surface area (Å²) in [6, 6.07) is 10.4. The Hall–Kier alpha value is -5.00. The van der Waals surface area contributed by atoms with Crippen LogP contribution in [-0.2, 0) is 28.7 Å². The van der Waals surface area contributed by atoms with E-state index in [2.05, 4.69) is 5.32 Å². The van der Waals surface area contributed by atoms with Gasteiger partial charge >= 0.3 is 17.9 Å². The van der Waals surface area contributed by atoms with E-state index >= 15 is 0 Å². The van der Waals surface area contributed by atoms with E-state index in [0.717, 1.165) is 37.4 Å². The first kappa shape index (κ1) is 29.5. The molecule has 0 aliphatic carbocycles. The molecule has 0 radical (unpaired) electrons. The number of ether oxygens (including phenoxy) is 5. The Morgan fingerprint density at radius 3 is 2.12 bits per heavy atom. The summed E-state index contributed by atoms with van der Waals surface area (Å²) in [5.41, 5.74) is 0.239. The van der Waals surface area contributed by atoms with E-state index in [1.165, 1.54) is 6.92 Å². The summed E-state index contributed by atoms with van der Waals surface area (Å²) in [6.45, 7) is 5.50. The molecule has 2 aromatic carbocycles. The number of imide groups is 1. The molecule has 5 rings (SSSR count). The Balaban J connectivity index is 1.74. The third kappa shape index (κ3) is 5.36. The van der Waals surface area contributed by atoms with Crippen LogP contribution in [0, 0.1) is 11.3 Å². The van der Waals surface area contributed by atoms with Gasteiger partial charge in [-0.05, 0) is 48.5 Å². The number of thioether (sulfide) groups is 2. The van der Waals surface area contributed by atoms with Crippen LogP contribution in [0.2, 0.25) is 0 Å². The largest absolute Gasteiger partial charge is 0.462 e. The molecule has 12 nitrogen and oxygen atoms in total. The Bertz CT molecular complexity index is 1730. The molecule has 0 spiro atoms. The number of fused-ring (bicyclic) bond motifs is 2. The monoisotopic (exact) mass is 620 g/mol. The average molecular weight is 621 g/mol. The van der Waals surface area contributed by atoms with Crippen molar-refractivity contribution in [3.8, 4) is 29.1 Å². The Morgan fingerprint density at radius 2 is 1.53 bits per heavy atom. The Kier molecular flexibility index (Phi) is 8.03. The number of esters is 3. The zero-order valence-electron chi connectivity index (χ0n) is 22.9. The van der Waals surface area contributed by atoms with Crippen molar-refractivity contribution < 1.29 is 47.7 Å². The molecule has 0 saturated carbocycles. The zero-order valence-corrected chi connectivity index (χ0v) is 24.6. The number of nitriles is 1. The lowest BCUT2D eigenvalue weighted by Gasteiger charge is -2.17. The van der Waals surface area contributed by atoms with Gasteiger partial charge in [0.2, 0.25) is 0 Å². The SMILES string of the molecule is CCOC(=O)C(=C1Oc2c(OC(C)=O)c3c(c(OC(C)=O)c2S1)OC(=C1C(=O)NC(=O)C(C#N)=C1C)S3)c1ccccc1. The Morgan fingerprint density at radius 1 is 0.930 bits per heavy atom. The topological polar surface area (TPSA) is 167 Å². The number of hydrogen-bond donors (Lipinski definition) is 1. The number of benzene rings is 2. The predicted molar refractivity (Wildman–Crippen MR) is 151 cm³/mol. The smallest absolute Gasteiger partial charge is 0.343 e. The van der Waals surface area contributed by atoms with Crippen molar-refractivity contribution in [1.82, 2.24) is 5.32 Å². The summed E-state index contributed by atoms with van der Waals surface area (Å²) in [7, 11) is 0. The van der Waals surface area contributed by atoms with Gasteiger partial charge in [-0.15, -0.1) is 0 Å². The molecule has 2 aromatic rings. The molecule has 0 bridgehead atoms. The summed E-state index contributed by atoms with van der Waals surface area (Å²) in [5.74, 6) is -4.16. The van der Waals surface area contributed by atoms with E-state index in [-0.39, 0.29) is 71.9 Å². The molecule has 2 amide bonds. The first-order valence-electron chi connectivity index (χ1n) is 12.6. The lowest BCUT2D eigenvalue weighted by atomic mass is 9.98. The third-order valence-electron chi connectivity index (χ3n) is 6.00. The van der Waals surface area contributed by atoms with E-state index in [9.17, 15) is 29.2 Å². The molecule has 0 saturated heterocycles. The zero-order chi connectivity index (χ0) is 31.0. The summed E-state index contributed by atoms with van der Waals surface area (Å²) in [5, 5.41) is 11.6. The van der Waals surface area contributed by atoms with Crippen LogP contribution in [0.15, 0.2) is 67.0 Å². The summed E-state index contributed by atoms with van der Waals surface area (Å²) in [4.78, 5) is 62.8. The molecular weight excluding hydrogens is 600 g/mol. The number of nitrogens with one attached hydrogen (secondary N) is 1. The van der Waals surface area contributed by atoms with Crippen LogP contribution in [0.5, 0.6) is 23.0 Å². The van der Waals surface area contributed by atoms with Crippen molar-refractivity contribution in [2.45, 2.75) is 37.5 Å². The second-order valence-corrected chi connectivity index (χ2v) is 10.8. The van der Waals surface area contributed by atoms with Crippen molar-refractivity contribution >= 4 is 58.8 Å². The molecule has 218 valence electrons. The second kappa shape index (κ2) is 11.7. The van der Waals surface area contributed by atoms with Gasteiger partial charge in [0.15, 0.2) is 33.2 Å². The molecule has 0 unspecified atom stereocenters. The summed E-state index contributed by atoms with van der Waals surface area (Å²) >= 11 is 1.75. The van der Waals surface area contributed by atoms with Gasteiger partial charge in [-0.3, -0.25) is 24.5 Å². The highest BCUT2D eigenvalue weighted by atomic mass is 32.2. The maximum Gasteiger partial charge on any atom is 0.343 e. The maximum atomic E-state index is 13.1. The lowest BCUT2D eigenvalue weighted by molar-refractivity contribution is -0.136. The Labute approximate surface area is 252 Å². The number of hydrogen-bond acceptors (Lipinski definition) is 13. The number of carbonyl (C=O) groups excluding carboxylic acids is 5. The fourth-order valence-corrected chi connectivity index (χ4v) is 6.46. The van der Waals surface area contributed by atoms with Crippen LogP contribution in [0.3, 0.4) is 0 Å². The molecule has 0 aromatic heterocycles. The van der Waals surface area contributed by atoms with Gasteiger partial charge in [0.25, 0.3) is 11.8 Å². The van der Waals surface area contributed by atoms with E-state index in [4.69, 9.17) is 23.7 Å². The molecule has 0 atom stereocenters. The van der Waals surface area contributed by atoms with Crippen LogP contribution in [0.1, 0.15) is 33.3 Å². The van der Waals surface area contributed by atoms with Gasteiger partial charge in [-0.25, -0.2) is 4.79 Å². The molecular formula is C29H20N2O10S2. The first-order valence-corrected chi connectivity index (χ1v) is 14.2. The van der Waals surface area contributed by atoms with Crippen LogP contribution >= 0.6 is 23.5 Å². The van der Waals surface area contributed by atoms with Crippen molar-refractivity contribution in [2.75, 3.05) is 6.61 Å². The van der Waals surface area contributed by atoms with E-state index < -0.39 is 29.7 Å². The minimum Gasteiger partial charge on any atom is -0.462 e. The van der Waals surface area contributed by atoms with E-state index in [1.54, 1.807) is 43.3 Å². The van der Waals surface area contributed by atoms with Crippen molar-refractivity contribution in [2.24, 2.45) is 0 Å². The molecule has 3 aliphatic rings. The van der Waals surface area contributed by atoms with Gasteiger partial charge in [0.1, 0.15) is 27.0 Å². The summed E-state index contributed by atoms with van der Waals surface area (Å²) in [6.07, 6.45) is 0. The van der Waals surface area contributed by atoms with Crippen molar-refractivity contribution in [1.29, 1.82) is 5.26 Å². The minimum absolute atomic E-state index is 0.0430. The number of nitrogens with zero attached hydrogens (tertiary/aromatic N) is 1. The standard InChI is InChI=1S/C29H20N2O10S2/c1-5-37-27(36)18(15-9-7-6-8-10-15)29-41-22-20(39-14(4)33)23-21(19(24(22)43-29)38-13(3)32)40-28(42-23)17-12(2)16(11-30)25(34)31-26(17)35/h6-10H,5H2,1-4H3,(H,31,34,35). The normalized spacial score (nSPS) is 18.0. The average Bonchev–Trinajstić information content (AvgIpc) is 3.57. The van der Waals surface area contributed by atoms with Crippen molar-refractivity contribution in [3.63, 3.8) is 0 Å². The van der Waals surface area contributed by atoms with Gasteiger partial charge in [0, 0.05) is 13.8 Å². The second-order valence-electron chi connectivity index (χ2n) is 8.88. The minimum atomic E-state index is -0.852.